The van der Waals surface area contributed by atoms with Gasteiger partial charge in [0.15, 0.2) is 11.5 Å². The van der Waals surface area contributed by atoms with Gasteiger partial charge in [0.25, 0.3) is 0 Å². The van der Waals surface area contributed by atoms with E-state index in [4.69, 9.17) is 25.8 Å². The van der Waals surface area contributed by atoms with E-state index >= 15 is 4.39 Å². The van der Waals surface area contributed by atoms with Crippen LogP contribution in [-0.2, 0) is 4.74 Å². The Hall–Kier alpha value is -2.54. The number of hydrogen-bond acceptors (Lipinski definition) is 4. The zero-order valence-corrected chi connectivity index (χ0v) is 16.8. The molecule has 2 aromatic carbocycles. The number of aromatic nitrogens is 1. The first-order valence-electron chi connectivity index (χ1n) is 9.22. The van der Waals surface area contributed by atoms with E-state index in [-0.39, 0.29) is 11.6 Å². The Balaban J connectivity index is 2.00. The van der Waals surface area contributed by atoms with E-state index in [1.165, 1.54) is 6.07 Å². The average molecular weight is 418 g/mol. The van der Waals surface area contributed by atoms with Crippen molar-refractivity contribution in [2.45, 2.75) is 18.6 Å². The molecule has 7 heteroatoms. The first-order chi connectivity index (χ1) is 14.1. The number of aliphatic hydroxyl groups excluding tert-OH is 1. The van der Waals surface area contributed by atoms with Gasteiger partial charge in [0.2, 0.25) is 0 Å². The third-order valence-corrected chi connectivity index (χ3v) is 5.32. The van der Waals surface area contributed by atoms with Crippen LogP contribution in [0.1, 0.15) is 35.4 Å². The molecule has 1 N–H and O–H groups in total. The van der Waals surface area contributed by atoms with Gasteiger partial charge in [-0.1, -0.05) is 23.7 Å². The normalized spacial score (nSPS) is 18.0. The number of aliphatic hydroxyl groups is 1. The molecule has 1 aliphatic heterocycles. The molecule has 0 bridgehead atoms. The van der Waals surface area contributed by atoms with Crippen molar-refractivity contribution in [3.8, 4) is 17.2 Å². The summed E-state index contributed by atoms with van der Waals surface area (Å²) in [4.78, 5) is 0. The highest BCUT2D eigenvalue weighted by Gasteiger charge is 2.34. The molecule has 0 saturated carbocycles. The van der Waals surface area contributed by atoms with Crippen molar-refractivity contribution >= 4 is 11.6 Å². The minimum Gasteiger partial charge on any atom is -0.493 e. The zero-order valence-electron chi connectivity index (χ0n) is 16.1. The van der Waals surface area contributed by atoms with Gasteiger partial charge in [0.1, 0.15) is 18.0 Å². The van der Waals surface area contributed by atoms with Crippen LogP contribution < -0.4 is 9.47 Å². The SMILES string of the molecule is COc1cccc(C2OC(CCO)c3cccn3-c3c(F)cc(Cl)cc32)c1OC. The van der Waals surface area contributed by atoms with Gasteiger partial charge in [0, 0.05) is 35.4 Å². The van der Waals surface area contributed by atoms with E-state index in [9.17, 15) is 5.11 Å². The molecule has 0 aliphatic carbocycles. The molecule has 2 atom stereocenters. The number of rotatable bonds is 5. The van der Waals surface area contributed by atoms with Crippen LogP contribution in [0.4, 0.5) is 4.39 Å². The minimum absolute atomic E-state index is 0.0720. The number of benzene rings is 2. The van der Waals surface area contributed by atoms with Crippen LogP contribution in [0.15, 0.2) is 48.7 Å². The molecule has 0 spiro atoms. The standard InChI is InChI=1S/C22H21ClFNO4/c1-27-19-7-3-5-14(22(19)28-2)21-15-11-13(23)12-16(24)20(15)25-9-4-6-17(25)18(29-21)8-10-26/h3-7,9,11-12,18,21,26H,8,10H2,1-2H3. The molecular formula is C22H21ClFNO4. The van der Waals surface area contributed by atoms with Crippen LogP contribution in [0.25, 0.3) is 5.69 Å². The van der Waals surface area contributed by atoms with E-state index in [2.05, 4.69) is 0 Å². The van der Waals surface area contributed by atoms with Gasteiger partial charge < -0.3 is 23.9 Å². The number of fused-ring (bicyclic) bond motifs is 3. The Morgan fingerprint density at radius 2 is 1.97 bits per heavy atom. The second kappa shape index (κ2) is 8.06. The van der Waals surface area contributed by atoms with Gasteiger partial charge in [0.05, 0.1) is 25.6 Å². The maximum atomic E-state index is 15.1. The number of hydrogen-bond donors (Lipinski definition) is 1. The lowest BCUT2D eigenvalue weighted by atomic mass is 9.98. The van der Waals surface area contributed by atoms with Gasteiger partial charge >= 0.3 is 0 Å². The van der Waals surface area contributed by atoms with Crippen LogP contribution in [0.5, 0.6) is 11.5 Å². The highest BCUT2D eigenvalue weighted by molar-refractivity contribution is 6.30. The van der Waals surface area contributed by atoms with Crippen molar-refractivity contribution in [2.24, 2.45) is 0 Å². The molecule has 1 aromatic heterocycles. The zero-order chi connectivity index (χ0) is 20.5. The molecule has 3 aromatic rings. The average Bonchev–Trinajstić information content (AvgIpc) is 3.14. The Morgan fingerprint density at radius 1 is 1.14 bits per heavy atom. The first-order valence-corrected chi connectivity index (χ1v) is 9.60. The van der Waals surface area contributed by atoms with E-state index in [0.717, 1.165) is 5.69 Å². The Labute approximate surface area is 173 Å². The van der Waals surface area contributed by atoms with Gasteiger partial charge in [-0.3, -0.25) is 0 Å². The van der Waals surface area contributed by atoms with Gasteiger partial charge in [-0.15, -0.1) is 0 Å². The van der Waals surface area contributed by atoms with E-state index < -0.39 is 18.0 Å². The molecule has 0 fully saturated rings. The molecule has 2 heterocycles. The van der Waals surface area contributed by atoms with Crippen LogP contribution >= 0.6 is 11.6 Å². The fourth-order valence-corrected chi connectivity index (χ4v) is 4.11. The maximum Gasteiger partial charge on any atom is 0.166 e. The molecule has 4 rings (SSSR count). The molecule has 29 heavy (non-hydrogen) atoms. The Morgan fingerprint density at radius 3 is 2.69 bits per heavy atom. The van der Waals surface area contributed by atoms with Crippen molar-refractivity contribution in [3.63, 3.8) is 0 Å². The molecule has 2 unspecified atom stereocenters. The van der Waals surface area contributed by atoms with Gasteiger partial charge in [-0.2, -0.15) is 0 Å². The molecule has 0 radical (unpaired) electrons. The monoisotopic (exact) mass is 417 g/mol. The maximum absolute atomic E-state index is 15.1. The first kappa shape index (κ1) is 19.8. The third-order valence-electron chi connectivity index (χ3n) is 5.10. The summed E-state index contributed by atoms with van der Waals surface area (Å²) < 4.78 is 34.4. The van der Waals surface area contributed by atoms with Crippen LogP contribution in [0.3, 0.4) is 0 Å². The summed E-state index contributed by atoms with van der Waals surface area (Å²) in [6.45, 7) is -0.0720. The molecular weight excluding hydrogens is 397 g/mol. The van der Waals surface area contributed by atoms with Crippen molar-refractivity contribution < 1.29 is 23.7 Å². The van der Waals surface area contributed by atoms with Crippen molar-refractivity contribution in [2.75, 3.05) is 20.8 Å². The highest BCUT2D eigenvalue weighted by atomic mass is 35.5. The topological polar surface area (TPSA) is 52.8 Å². The Kier molecular flexibility index (Phi) is 5.50. The lowest BCUT2D eigenvalue weighted by Gasteiger charge is -2.25. The number of para-hydroxylation sites is 1. The molecule has 1 aliphatic rings. The van der Waals surface area contributed by atoms with Crippen LogP contribution in [0.2, 0.25) is 5.02 Å². The van der Waals surface area contributed by atoms with E-state index in [1.54, 1.807) is 37.1 Å². The number of halogens is 2. The summed E-state index contributed by atoms with van der Waals surface area (Å²) in [6, 6.07) is 12.1. The van der Waals surface area contributed by atoms with E-state index in [0.29, 0.717) is 34.7 Å². The Bertz CT molecular complexity index is 1040. The van der Waals surface area contributed by atoms with Crippen LogP contribution in [-0.4, -0.2) is 30.5 Å². The quantitative estimate of drug-likeness (QED) is 0.646. The predicted molar refractivity (Wildman–Crippen MR) is 108 cm³/mol. The summed E-state index contributed by atoms with van der Waals surface area (Å²) in [5.41, 5.74) is 2.37. The van der Waals surface area contributed by atoms with Crippen molar-refractivity contribution in [1.82, 2.24) is 4.57 Å². The largest absolute Gasteiger partial charge is 0.493 e. The fraction of sp³-hybridized carbons (Fsp3) is 0.273. The van der Waals surface area contributed by atoms with Gasteiger partial charge in [-0.05, 0) is 30.3 Å². The summed E-state index contributed by atoms with van der Waals surface area (Å²) >= 11 is 6.22. The summed E-state index contributed by atoms with van der Waals surface area (Å²) in [6.07, 6.45) is 1.00. The number of methoxy groups -OCH3 is 2. The second-order valence-electron chi connectivity index (χ2n) is 6.73. The molecule has 0 saturated heterocycles. The molecule has 5 nitrogen and oxygen atoms in total. The number of nitrogens with zero attached hydrogens (tertiary/aromatic N) is 1. The predicted octanol–water partition coefficient (Wildman–Crippen LogP) is 4.83. The highest BCUT2D eigenvalue weighted by Crippen LogP contribution is 2.46. The summed E-state index contributed by atoms with van der Waals surface area (Å²) in [5, 5.41) is 9.87. The lowest BCUT2D eigenvalue weighted by Crippen LogP contribution is -2.13. The van der Waals surface area contributed by atoms with E-state index in [1.807, 2.05) is 24.3 Å². The van der Waals surface area contributed by atoms with Crippen LogP contribution in [0, 0.1) is 5.82 Å². The smallest absolute Gasteiger partial charge is 0.166 e. The van der Waals surface area contributed by atoms with Crippen molar-refractivity contribution in [3.05, 3.63) is 76.3 Å². The molecule has 0 amide bonds. The summed E-state index contributed by atoms with van der Waals surface area (Å²) in [7, 11) is 3.10. The fourth-order valence-electron chi connectivity index (χ4n) is 3.90. The number of ether oxygens (including phenoxy) is 3. The minimum atomic E-state index is -0.681. The third kappa shape index (κ3) is 3.37. The second-order valence-corrected chi connectivity index (χ2v) is 7.16. The summed E-state index contributed by atoms with van der Waals surface area (Å²) in [5.74, 6) is 0.589. The molecule has 152 valence electrons. The van der Waals surface area contributed by atoms with Crippen molar-refractivity contribution in [1.29, 1.82) is 0 Å². The lowest BCUT2D eigenvalue weighted by molar-refractivity contribution is -0.00724. The van der Waals surface area contributed by atoms with Gasteiger partial charge in [-0.25, -0.2) is 4.39 Å².